The molecule has 0 bridgehead atoms. The monoisotopic (exact) mass is 249 g/mol. The number of piperazine rings is 1. The number of aliphatic hydroxyl groups is 1. The Balaban J connectivity index is 1.80. The fourth-order valence-electron chi connectivity index (χ4n) is 2.51. The molecule has 1 aliphatic rings. The average molecular weight is 249 g/mol. The summed E-state index contributed by atoms with van der Waals surface area (Å²) in [6, 6.07) is 6.41. The van der Waals surface area contributed by atoms with E-state index in [1.807, 2.05) is 18.3 Å². The Morgan fingerprint density at radius 2 is 2.06 bits per heavy atom. The molecular weight excluding hydrogens is 226 g/mol. The molecule has 1 aromatic heterocycles. The summed E-state index contributed by atoms with van der Waals surface area (Å²) < 4.78 is 0. The Hall–Kier alpha value is -0.970. The largest absolute Gasteiger partial charge is 0.395 e. The van der Waals surface area contributed by atoms with Gasteiger partial charge in [-0.2, -0.15) is 0 Å². The molecule has 0 amide bonds. The van der Waals surface area contributed by atoms with Gasteiger partial charge < -0.3 is 5.11 Å². The molecule has 4 heteroatoms. The Morgan fingerprint density at radius 3 is 2.61 bits per heavy atom. The highest BCUT2D eigenvalue weighted by Gasteiger charge is 2.22. The maximum atomic E-state index is 9.31. The lowest BCUT2D eigenvalue weighted by Gasteiger charge is -2.38. The summed E-state index contributed by atoms with van der Waals surface area (Å²) in [5, 5.41) is 9.31. The van der Waals surface area contributed by atoms with Crippen LogP contribution >= 0.6 is 0 Å². The van der Waals surface area contributed by atoms with Gasteiger partial charge in [0.2, 0.25) is 0 Å². The lowest BCUT2D eigenvalue weighted by atomic mass is 10.1. The van der Waals surface area contributed by atoms with E-state index in [9.17, 15) is 5.11 Å². The molecule has 1 aliphatic heterocycles. The van der Waals surface area contributed by atoms with Crippen LogP contribution in [0.4, 0.5) is 0 Å². The van der Waals surface area contributed by atoms with Crippen molar-refractivity contribution in [1.29, 1.82) is 0 Å². The third kappa shape index (κ3) is 3.51. The number of aromatic nitrogens is 1. The van der Waals surface area contributed by atoms with Gasteiger partial charge in [-0.3, -0.25) is 14.8 Å². The van der Waals surface area contributed by atoms with Crippen molar-refractivity contribution in [3.63, 3.8) is 0 Å². The maximum absolute atomic E-state index is 9.31. The standard InChI is InChI=1S/C14H23N3O/c1-2-14(12-18)17-9-7-16(8-10-17)11-13-5-3-4-6-15-13/h3-6,14,18H,2,7-12H2,1H3. The van der Waals surface area contributed by atoms with Gasteiger partial charge in [0.05, 0.1) is 12.3 Å². The van der Waals surface area contributed by atoms with E-state index in [0.29, 0.717) is 6.04 Å². The second-order valence-corrected chi connectivity index (χ2v) is 4.88. The Kier molecular flexibility index (Phi) is 5.11. The summed E-state index contributed by atoms with van der Waals surface area (Å²) in [6.45, 7) is 7.57. The zero-order valence-electron chi connectivity index (χ0n) is 11.1. The lowest BCUT2D eigenvalue weighted by Crippen LogP contribution is -2.50. The van der Waals surface area contributed by atoms with Crippen LogP contribution in [0, 0.1) is 0 Å². The van der Waals surface area contributed by atoms with Crippen molar-refractivity contribution >= 4 is 0 Å². The quantitative estimate of drug-likeness (QED) is 0.844. The minimum atomic E-state index is 0.275. The van der Waals surface area contributed by atoms with Gasteiger partial charge in [-0.1, -0.05) is 13.0 Å². The summed E-state index contributed by atoms with van der Waals surface area (Å²) in [5.74, 6) is 0. The highest BCUT2D eigenvalue weighted by Crippen LogP contribution is 2.10. The van der Waals surface area contributed by atoms with Crippen LogP contribution in [0.15, 0.2) is 24.4 Å². The first-order valence-electron chi connectivity index (χ1n) is 6.80. The number of hydrogen-bond donors (Lipinski definition) is 1. The minimum absolute atomic E-state index is 0.275. The van der Waals surface area contributed by atoms with Crippen molar-refractivity contribution in [1.82, 2.24) is 14.8 Å². The molecule has 1 N–H and O–H groups in total. The van der Waals surface area contributed by atoms with Crippen molar-refractivity contribution < 1.29 is 5.11 Å². The van der Waals surface area contributed by atoms with Gasteiger partial charge >= 0.3 is 0 Å². The van der Waals surface area contributed by atoms with Crippen LogP contribution in [0.5, 0.6) is 0 Å². The molecule has 18 heavy (non-hydrogen) atoms. The van der Waals surface area contributed by atoms with Gasteiger partial charge in [0.15, 0.2) is 0 Å². The van der Waals surface area contributed by atoms with Crippen molar-refractivity contribution in [3.8, 4) is 0 Å². The second kappa shape index (κ2) is 6.83. The van der Waals surface area contributed by atoms with E-state index in [-0.39, 0.29) is 6.61 Å². The number of pyridine rings is 1. The van der Waals surface area contributed by atoms with Gasteiger partial charge in [0.25, 0.3) is 0 Å². The topological polar surface area (TPSA) is 39.6 Å². The first-order chi connectivity index (χ1) is 8.83. The molecule has 0 aliphatic carbocycles. The zero-order valence-corrected chi connectivity index (χ0v) is 11.1. The number of aliphatic hydroxyl groups excluding tert-OH is 1. The van der Waals surface area contributed by atoms with Gasteiger partial charge in [0, 0.05) is 45.0 Å². The van der Waals surface area contributed by atoms with E-state index in [4.69, 9.17) is 0 Å². The molecular formula is C14H23N3O. The number of hydrogen-bond acceptors (Lipinski definition) is 4. The predicted molar refractivity (Wildman–Crippen MR) is 72.3 cm³/mol. The van der Waals surface area contributed by atoms with E-state index in [1.165, 1.54) is 0 Å². The first kappa shape index (κ1) is 13.5. The summed E-state index contributed by atoms with van der Waals surface area (Å²) >= 11 is 0. The summed E-state index contributed by atoms with van der Waals surface area (Å²) in [5.41, 5.74) is 1.14. The highest BCUT2D eigenvalue weighted by atomic mass is 16.3. The molecule has 4 nitrogen and oxygen atoms in total. The van der Waals surface area contributed by atoms with Crippen LogP contribution in [0.3, 0.4) is 0 Å². The lowest BCUT2D eigenvalue weighted by molar-refractivity contribution is 0.0604. The average Bonchev–Trinajstić information content (AvgIpc) is 2.43. The summed E-state index contributed by atoms with van der Waals surface area (Å²) in [6.07, 6.45) is 2.88. The fourth-order valence-corrected chi connectivity index (χ4v) is 2.51. The van der Waals surface area contributed by atoms with E-state index in [0.717, 1.165) is 44.8 Å². The molecule has 0 spiro atoms. The van der Waals surface area contributed by atoms with E-state index >= 15 is 0 Å². The molecule has 1 saturated heterocycles. The number of rotatable bonds is 5. The third-order valence-corrected chi connectivity index (χ3v) is 3.72. The van der Waals surface area contributed by atoms with Gasteiger partial charge in [0.1, 0.15) is 0 Å². The molecule has 1 unspecified atom stereocenters. The van der Waals surface area contributed by atoms with Crippen molar-refractivity contribution in [2.75, 3.05) is 32.8 Å². The molecule has 1 fully saturated rings. The SMILES string of the molecule is CCC(CO)N1CCN(Cc2ccccn2)CC1. The fraction of sp³-hybridized carbons (Fsp3) is 0.643. The van der Waals surface area contributed by atoms with E-state index in [1.54, 1.807) is 0 Å². The molecule has 1 atom stereocenters. The van der Waals surface area contributed by atoms with Gasteiger partial charge in [-0.15, -0.1) is 0 Å². The Bertz CT molecular complexity index is 332. The molecule has 2 rings (SSSR count). The Morgan fingerprint density at radius 1 is 1.28 bits per heavy atom. The van der Waals surface area contributed by atoms with E-state index < -0.39 is 0 Å². The number of nitrogens with zero attached hydrogens (tertiary/aromatic N) is 3. The van der Waals surface area contributed by atoms with Crippen LogP contribution < -0.4 is 0 Å². The highest BCUT2D eigenvalue weighted by molar-refractivity contribution is 5.03. The normalized spacial score (nSPS) is 19.9. The first-order valence-corrected chi connectivity index (χ1v) is 6.80. The van der Waals surface area contributed by atoms with Crippen molar-refractivity contribution in [2.45, 2.75) is 25.9 Å². The van der Waals surface area contributed by atoms with Crippen LogP contribution in [-0.2, 0) is 6.54 Å². The zero-order chi connectivity index (χ0) is 12.8. The molecule has 0 aromatic carbocycles. The smallest absolute Gasteiger partial charge is 0.0586 e. The predicted octanol–water partition coefficient (Wildman–Crippen LogP) is 0.970. The second-order valence-electron chi connectivity index (χ2n) is 4.88. The van der Waals surface area contributed by atoms with Crippen molar-refractivity contribution in [3.05, 3.63) is 30.1 Å². The summed E-state index contributed by atoms with van der Waals surface area (Å²) in [7, 11) is 0. The van der Waals surface area contributed by atoms with E-state index in [2.05, 4.69) is 27.8 Å². The summed E-state index contributed by atoms with van der Waals surface area (Å²) in [4.78, 5) is 9.20. The molecule has 1 aromatic rings. The van der Waals surface area contributed by atoms with Gasteiger partial charge in [-0.05, 0) is 18.6 Å². The molecule has 2 heterocycles. The molecule has 0 saturated carbocycles. The maximum Gasteiger partial charge on any atom is 0.0586 e. The van der Waals surface area contributed by atoms with Crippen LogP contribution in [-0.4, -0.2) is 58.7 Å². The van der Waals surface area contributed by atoms with Gasteiger partial charge in [-0.25, -0.2) is 0 Å². The minimum Gasteiger partial charge on any atom is -0.395 e. The molecule has 100 valence electrons. The van der Waals surface area contributed by atoms with Crippen molar-refractivity contribution in [2.24, 2.45) is 0 Å². The third-order valence-electron chi connectivity index (χ3n) is 3.72. The molecule has 0 radical (unpaired) electrons. The van der Waals surface area contributed by atoms with Crippen LogP contribution in [0.25, 0.3) is 0 Å². The van der Waals surface area contributed by atoms with Crippen LogP contribution in [0.1, 0.15) is 19.0 Å². The van der Waals surface area contributed by atoms with Crippen LogP contribution in [0.2, 0.25) is 0 Å². The Labute approximate surface area is 109 Å².